The van der Waals surface area contributed by atoms with E-state index in [1.807, 2.05) is 42.5 Å². The first kappa shape index (κ1) is 18.1. The molecule has 0 aliphatic carbocycles. The summed E-state index contributed by atoms with van der Waals surface area (Å²) >= 11 is 1.64. The van der Waals surface area contributed by atoms with Gasteiger partial charge in [-0.3, -0.25) is 4.79 Å². The number of benzene rings is 2. The van der Waals surface area contributed by atoms with E-state index in [4.69, 9.17) is 4.74 Å². The molecule has 6 nitrogen and oxygen atoms in total. The number of hydrogen-bond donors (Lipinski definition) is 2. The van der Waals surface area contributed by atoms with Gasteiger partial charge in [0.2, 0.25) is 5.91 Å². The summed E-state index contributed by atoms with van der Waals surface area (Å²) in [5.41, 5.74) is 2.74. The summed E-state index contributed by atoms with van der Waals surface area (Å²) in [6, 6.07) is 19.8. The monoisotopic (exact) mass is 390 g/mol. The Hall–Kier alpha value is -3.29. The molecule has 0 aliphatic rings. The van der Waals surface area contributed by atoms with E-state index < -0.39 is 0 Å². The van der Waals surface area contributed by atoms with Crippen molar-refractivity contribution in [1.82, 2.24) is 9.97 Å². The first-order valence-electron chi connectivity index (χ1n) is 8.69. The Labute approximate surface area is 166 Å². The molecule has 2 aromatic carbocycles. The van der Waals surface area contributed by atoms with Gasteiger partial charge < -0.3 is 15.4 Å². The fraction of sp³-hybridized carbons (Fsp3) is 0.0952. The molecule has 0 radical (unpaired) electrons. The highest BCUT2D eigenvalue weighted by molar-refractivity contribution is 7.21. The fourth-order valence-corrected chi connectivity index (χ4v) is 3.81. The van der Waals surface area contributed by atoms with Crippen molar-refractivity contribution in [3.8, 4) is 10.4 Å². The van der Waals surface area contributed by atoms with E-state index in [1.54, 1.807) is 17.7 Å². The Morgan fingerprint density at radius 1 is 1.04 bits per heavy atom. The number of anilines is 3. The van der Waals surface area contributed by atoms with Gasteiger partial charge in [-0.2, -0.15) is 0 Å². The Morgan fingerprint density at radius 3 is 2.54 bits per heavy atom. The van der Waals surface area contributed by atoms with Crippen molar-refractivity contribution in [3.05, 3.63) is 67.0 Å². The zero-order valence-corrected chi connectivity index (χ0v) is 16.0. The first-order chi connectivity index (χ1) is 13.7. The number of amides is 1. The predicted molar refractivity (Wildman–Crippen MR) is 113 cm³/mol. The number of nitrogens with one attached hydrogen (secondary N) is 2. The van der Waals surface area contributed by atoms with Crippen molar-refractivity contribution >= 4 is 44.7 Å². The van der Waals surface area contributed by atoms with E-state index in [9.17, 15) is 4.79 Å². The van der Waals surface area contributed by atoms with Gasteiger partial charge in [-0.25, -0.2) is 9.97 Å². The van der Waals surface area contributed by atoms with Crippen molar-refractivity contribution in [2.24, 2.45) is 0 Å². The number of thiophene rings is 1. The van der Waals surface area contributed by atoms with Gasteiger partial charge in [-0.1, -0.05) is 30.3 Å². The van der Waals surface area contributed by atoms with E-state index in [-0.39, 0.29) is 12.5 Å². The molecule has 0 unspecified atom stereocenters. The third kappa shape index (κ3) is 4.00. The van der Waals surface area contributed by atoms with Crippen LogP contribution in [0.15, 0.2) is 67.0 Å². The highest BCUT2D eigenvalue weighted by atomic mass is 32.1. The Morgan fingerprint density at radius 2 is 1.79 bits per heavy atom. The Kier molecular flexibility index (Phi) is 5.27. The maximum atomic E-state index is 11.6. The van der Waals surface area contributed by atoms with Crippen molar-refractivity contribution in [1.29, 1.82) is 0 Å². The maximum absolute atomic E-state index is 11.6. The zero-order chi connectivity index (χ0) is 19.3. The normalized spacial score (nSPS) is 10.8. The topological polar surface area (TPSA) is 76.1 Å². The first-order valence-corrected chi connectivity index (χ1v) is 9.50. The summed E-state index contributed by atoms with van der Waals surface area (Å²) in [5.74, 6) is 0.562. The van der Waals surface area contributed by atoms with Crippen molar-refractivity contribution in [3.63, 3.8) is 0 Å². The quantitative estimate of drug-likeness (QED) is 0.500. The molecule has 2 N–H and O–H groups in total. The molecule has 0 spiro atoms. The number of rotatable bonds is 6. The third-order valence-corrected chi connectivity index (χ3v) is 5.19. The van der Waals surface area contributed by atoms with Gasteiger partial charge in [0.1, 0.15) is 23.6 Å². The lowest BCUT2D eigenvalue weighted by Crippen LogP contribution is -2.16. The van der Waals surface area contributed by atoms with Crippen molar-refractivity contribution < 1.29 is 9.53 Å². The second kappa shape index (κ2) is 8.16. The summed E-state index contributed by atoms with van der Waals surface area (Å²) in [5, 5.41) is 7.08. The van der Waals surface area contributed by atoms with Crippen LogP contribution in [0.2, 0.25) is 0 Å². The van der Waals surface area contributed by atoms with Crippen molar-refractivity contribution in [2.45, 2.75) is 0 Å². The Bertz CT molecular complexity index is 1090. The van der Waals surface area contributed by atoms with Gasteiger partial charge in [0.05, 0.1) is 5.39 Å². The summed E-state index contributed by atoms with van der Waals surface area (Å²) in [6.45, 7) is 0.0286. The minimum atomic E-state index is -0.188. The van der Waals surface area contributed by atoms with Gasteiger partial charge in [-0.15, -0.1) is 11.3 Å². The molecule has 28 heavy (non-hydrogen) atoms. The average Bonchev–Trinajstić information content (AvgIpc) is 3.16. The van der Waals surface area contributed by atoms with Crippen LogP contribution >= 0.6 is 11.3 Å². The van der Waals surface area contributed by atoms with E-state index in [2.05, 4.69) is 38.8 Å². The van der Waals surface area contributed by atoms with Gasteiger partial charge in [0.15, 0.2) is 0 Å². The summed E-state index contributed by atoms with van der Waals surface area (Å²) in [6.07, 6.45) is 1.56. The number of methoxy groups -OCH3 is 1. The number of carbonyl (C=O) groups excluding carboxylic acids is 1. The summed E-state index contributed by atoms with van der Waals surface area (Å²) in [4.78, 5) is 22.5. The van der Waals surface area contributed by atoms with Gasteiger partial charge >= 0.3 is 0 Å². The molecule has 4 rings (SSSR count). The summed E-state index contributed by atoms with van der Waals surface area (Å²) in [7, 11) is 1.49. The molecule has 0 saturated carbocycles. The van der Waals surface area contributed by atoms with Crippen LogP contribution in [0, 0.1) is 0 Å². The van der Waals surface area contributed by atoms with E-state index >= 15 is 0 Å². The zero-order valence-electron chi connectivity index (χ0n) is 15.2. The standard InChI is InChI=1S/C21H18N4O2S/c1-27-12-19(26)24-15-7-9-16(10-8-15)25-20-17-11-18(14-5-3-2-4-6-14)28-21(17)23-13-22-20/h2-11,13H,12H2,1H3,(H,24,26)(H,22,23,25). The lowest BCUT2D eigenvalue weighted by molar-refractivity contribution is -0.119. The number of fused-ring (bicyclic) bond motifs is 1. The van der Waals surface area contributed by atoms with Gasteiger partial charge in [-0.05, 0) is 35.9 Å². The molecule has 140 valence electrons. The number of hydrogen-bond acceptors (Lipinski definition) is 6. The molecule has 2 heterocycles. The Balaban J connectivity index is 1.56. The lowest BCUT2D eigenvalue weighted by Gasteiger charge is -2.08. The smallest absolute Gasteiger partial charge is 0.250 e. The molecule has 0 fully saturated rings. The number of carbonyl (C=O) groups is 1. The summed E-state index contributed by atoms with van der Waals surface area (Å²) < 4.78 is 4.82. The lowest BCUT2D eigenvalue weighted by atomic mass is 10.2. The molecule has 4 aromatic rings. The fourth-order valence-electron chi connectivity index (χ4n) is 2.80. The minimum Gasteiger partial charge on any atom is -0.375 e. The second-order valence-corrected chi connectivity index (χ2v) is 7.13. The molecule has 7 heteroatoms. The van der Waals surface area contributed by atoms with Crippen LogP contribution < -0.4 is 10.6 Å². The molecule has 0 aliphatic heterocycles. The molecule has 0 atom stereocenters. The van der Waals surface area contributed by atoms with E-state index in [1.165, 1.54) is 7.11 Å². The van der Waals surface area contributed by atoms with Crippen LogP contribution in [-0.4, -0.2) is 29.6 Å². The molecule has 1 amide bonds. The molecular formula is C21H18N4O2S. The molecule has 2 aromatic heterocycles. The highest BCUT2D eigenvalue weighted by Gasteiger charge is 2.10. The molecule has 0 saturated heterocycles. The predicted octanol–water partition coefficient (Wildman–Crippen LogP) is 4.69. The number of nitrogens with zero attached hydrogens (tertiary/aromatic N) is 2. The van der Waals surface area contributed by atoms with Crippen LogP contribution in [0.1, 0.15) is 0 Å². The highest BCUT2D eigenvalue weighted by Crippen LogP contribution is 2.35. The van der Waals surface area contributed by atoms with Crippen LogP contribution in [-0.2, 0) is 9.53 Å². The largest absolute Gasteiger partial charge is 0.375 e. The van der Waals surface area contributed by atoms with Gasteiger partial charge in [0, 0.05) is 23.4 Å². The van der Waals surface area contributed by atoms with Gasteiger partial charge in [0.25, 0.3) is 0 Å². The van der Waals surface area contributed by atoms with E-state index in [0.29, 0.717) is 5.69 Å². The van der Waals surface area contributed by atoms with Crippen LogP contribution in [0.5, 0.6) is 0 Å². The number of aromatic nitrogens is 2. The molecule has 0 bridgehead atoms. The maximum Gasteiger partial charge on any atom is 0.250 e. The van der Waals surface area contributed by atoms with Crippen molar-refractivity contribution in [2.75, 3.05) is 24.4 Å². The van der Waals surface area contributed by atoms with Crippen LogP contribution in [0.25, 0.3) is 20.7 Å². The third-order valence-electron chi connectivity index (χ3n) is 4.09. The molecular weight excluding hydrogens is 372 g/mol. The second-order valence-electron chi connectivity index (χ2n) is 6.10. The number of ether oxygens (including phenoxy) is 1. The van der Waals surface area contributed by atoms with Crippen LogP contribution in [0.4, 0.5) is 17.2 Å². The van der Waals surface area contributed by atoms with E-state index in [0.717, 1.165) is 32.2 Å². The SMILES string of the molecule is COCC(=O)Nc1ccc(Nc2ncnc3sc(-c4ccccc4)cc23)cc1. The minimum absolute atomic E-state index is 0.0286. The van der Waals surface area contributed by atoms with Crippen LogP contribution in [0.3, 0.4) is 0 Å². The average molecular weight is 390 g/mol.